The molecule has 1 saturated heterocycles. The van der Waals surface area contributed by atoms with Gasteiger partial charge in [-0.05, 0) is 76.1 Å². The second-order valence-corrected chi connectivity index (χ2v) is 13.7. The van der Waals surface area contributed by atoms with E-state index < -0.39 is 34.6 Å². The molecule has 15 heteroatoms. The summed E-state index contributed by atoms with van der Waals surface area (Å²) in [5.41, 5.74) is -2.11. The molecule has 1 unspecified atom stereocenters. The van der Waals surface area contributed by atoms with Crippen molar-refractivity contribution in [1.29, 1.82) is 0 Å². The molecule has 3 atom stereocenters. The van der Waals surface area contributed by atoms with Crippen molar-refractivity contribution in [2.75, 3.05) is 29.9 Å². The summed E-state index contributed by atoms with van der Waals surface area (Å²) in [6, 6.07) is 9.91. The third-order valence-electron chi connectivity index (χ3n) is 8.95. The third kappa shape index (κ3) is 6.37. The topological polar surface area (TPSA) is 135 Å². The summed E-state index contributed by atoms with van der Waals surface area (Å²) in [6.45, 7) is 5.46. The van der Waals surface area contributed by atoms with Crippen LogP contribution in [0.3, 0.4) is 0 Å². The highest BCUT2D eigenvalue weighted by atomic mass is 32.2. The van der Waals surface area contributed by atoms with E-state index in [1.165, 1.54) is 4.68 Å². The van der Waals surface area contributed by atoms with Crippen LogP contribution in [0.2, 0.25) is 0 Å². The highest BCUT2D eigenvalue weighted by Crippen LogP contribution is 2.60. The lowest BCUT2D eigenvalue weighted by Crippen LogP contribution is -2.40. The number of nitrogens with one attached hydrogen (secondary N) is 2. The smallest absolute Gasteiger partial charge is 0.396 e. The average Bonchev–Trinajstić information content (AvgIpc) is 3.60. The fraction of sp³-hybridized carbons (Fsp3) is 0.533. The van der Waals surface area contributed by atoms with E-state index in [-0.39, 0.29) is 47.9 Å². The SMILES string of the molecule is CC1(C)C[C@@H]2CCCNc3cccc(n3)S(=O)NC(=O)c3ccc(-n4ccc(OCC[C@@H](O)C5(C(F)(F)F)CC5)n4)nc3N1C2. The average molecular weight is 648 g/mol. The van der Waals surface area contributed by atoms with E-state index in [1.807, 2.05) is 0 Å². The maximum atomic E-state index is 13.5. The summed E-state index contributed by atoms with van der Waals surface area (Å²) in [5.74, 6) is 1.36. The van der Waals surface area contributed by atoms with Crippen molar-refractivity contribution in [1.82, 2.24) is 24.5 Å². The van der Waals surface area contributed by atoms with Crippen LogP contribution in [-0.4, -0.2) is 72.5 Å². The molecule has 3 aliphatic rings. The normalized spacial score (nSPS) is 23.2. The number of aliphatic hydroxyl groups excluding tert-OH is 1. The van der Waals surface area contributed by atoms with E-state index in [0.717, 1.165) is 19.3 Å². The second-order valence-electron chi connectivity index (χ2n) is 12.6. The van der Waals surface area contributed by atoms with E-state index in [4.69, 9.17) is 9.72 Å². The van der Waals surface area contributed by atoms with Gasteiger partial charge in [0.2, 0.25) is 5.88 Å². The van der Waals surface area contributed by atoms with Gasteiger partial charge in [0.05, 0.1) is 23.7 Å². The maximum Gasteiger partial charge on any atom is 0.396 e. The second kappa shape index (κ2) is 11.9. The molecule has 0 radical (unpaired) electrons. The van der Waals surface area contributed by atoms with Crippen LogP contribution in [0.4, 0.5) is 24.8 Å². The van der Waals surface area contributed by atoms with Gasteiger partial charge in [0.1, 0.15) is 11.6 Å². The van der Waals surface area contributed by atoms with Crippen LogP contribution in [0.5, 0.6) is 5.88 Å². The first kappa shape index (κ1) is 31.3. The van der Waals surface area contributed by atoms with Gasteiger partial charge in [0.25, 0.3) is 5.91 Å². The van der Waals surface area contributed by atoms with E-state index in [2.05, 4.69) is 38.9 Å². The minimum atomic E-state index is -4.45. The van der Waals surface area contributed by atoms with Gasteiger partial charge in [0, 0.05) is 37.3 Å². The van der Waals surface area contributed by atoms with Crippen LogP contribution in [-0.2, 0) is 11.0 Å². The first-order valence-corrected chi connectivity index (χ1v) is 16.2. The molecule has 0 aromatic carbocycles. The molecule has 6 rings (SSSR count). The number of carbonyl (C=O) groups is 1. The molecule has 11 nitrogen and oxygen atoms in total. The van der Waals surface area contributed by atoms with Gasteiger partial charge in [-0.25, -0.2) is 18.9 Å². The molecular formula is C30H36F3N7O4S. The Morgan fingerprint density at radius 2 is 1.98 bits per heavy atom. The fourth-order valence-electron chi connectivity index (χ4n) is 6.32. The molecule has 1 aliphatic carbocycles. The van der Waals surface area contributed by atoms with Gasteiger partial charge in [-0.1, -0.05) is 6.07 Å². The van der Waals surface area contributed by atoms with Gasteiger partial charge in [0.15, 0.2) is 21.8 Å². The highest BCUT2D eigenvalue weighted by molar-refractivity contribution is 7.83. The van der Waals surface area contributed by atoms with Crippen molar-refractivity contribution in [3.8, 4) is 11.7 Å². The van der Waals surface area contributed by atoms with Crippen molar-refractivity contribution in [3.05, 3.63) is 48.2 Å². The number of aliphatic hydroxyl groups is 1. The Morgan fingerprint density at radius 3 is 2.73 bits per heavy atom. The molecule has 3 aromatic rings. The molecule has 3 aromatic heterocycles. The number of carbonyl (C=O) groups excluding carboxylic acids is 1. The number of hydrogen-bond acceptors (Lipinski definition) is 9. The first-order valence-electron chi connectivity index (χ1n) is 15.0. The lowest BCUT2D eigenvalue weighted by atomic mass is 9.93. The molecule has 0 spiro atoms. The Kier molecular flexibility index (Phi) is 8.27. The quantitative estimate of drug-likeness (QED) is 0.356. The largest absolute Gasteiger partial charge is 0.476 e. The number of alkyl halides is 3. The van der Waals surface area contributed by atoms with E-state index >= 15 is 0 Å². The number of amides is 1. The standard InChI is InChI=1S/C30H36F3N7O4S/c1-28(2)17-19-5-4-14-34-22-6-3-7-25(35-22)45(43)38-27(42)20-8-9-23(36-26(20)39(28)18-19)40-15-10-24(37-40)44-16-11-21(41)29(12-13-29)30(31,32)33/h3,6-10,15,19,21,41H,4-5,11-14,16-18H2,1-2H3,(H,34,35)(H,38,42)/t19-,21+,45?/m0/s1. The van der Waals surface area contributed by atoms with Crippen LogP contribution in [0.15, 0.2) is 47.6 Å². The summed E-state index contributed by atoms with van der Waals surface area (Å²) in [7, 11) is -1.91. The molecule has 1 amide bonds. The molecule has 2 fully saturated rings. The van der Waals surface area contributed by atoms with Crippen molar-refractivity contribution in [2.45, 2.75) is 75.2 Å². The number of hydrogen-bond donors (Lipinski definition) is 3. The molecule has 5 heterocycles. The lowest BCUT2D eigenvalue weighted by molar-refractivity contribution is -0.215. The predicted molar refractivity (Wildman–Crippen MR) is 161 cm³/mol. The number of nitrogens with zero attached hydrogens (tertiary/aromatic N) is 5. The zero-order valence-electron chi connectivity index (χ0n) is 25.0. The Hall–Kier alpha value is -3.72. The molecule has 1 saturated carbocycles. The number of halogens is 3. The minimum absolute atomic E-state index is 0.0833. The Labute approximate surface area is 261 Å². The van der Waals surface area contributed by atoms with Gasteiger partial charge < -0.3 is 20.1 Å². The van der Waals surface area contributed by atoms with Crippen molar-refractivity contribution in [3.63, 3.8) is 0 Å². The van der Waals surface area contributed by atoms with Crippen molar-refractivity contribution >= 4 is 28.5 Å². The highest BCUT2D eigenvalue weighted by Gasteiger charge is 2.66. The Bertz CT molecular complexity index is 1590. The summed E-state index contributed by atoms with van der Waals surface area (Å²) < 4.78 is 62.6. The molecule has 4 bridgehead atoms. The fourth-order valence-corrected chi connectivity index (χ4v) is 7.09. The van der Waals surface area contributed by atoms with Crippen LogP contribution in [0, 0.1) is 11.3 Å². The molecule has 3 N–H and O–H groups in total. The zero-order chi connectivity index (χ0) is 32.0. The summed E-state index contributed by atoms with van der Waals surface area (Å²) in [4.78, 5) is 24.9. The monoisotopic (exact) mass is 647 g/mol. The third-order valence-corrected chi connectivity index (χ3v) is 9.92. The van der Waals surface area contributed by atoms with Gasteiger partial charge in [-0.15, -0.1) is 5.10 Å². The number of fused-ring (bicyclic) bond motifs is 6. The number of rotatable bonds is 6. The number of pyridine rings is 2. The summed E-state index contributed by atoms with van der Waals surface area (Å²) >= 11 is 0. The van der Waals surface area contributed by atoms with Gasteiger partial charge >= 0.3 is 6.18 Å². The van der Waals surface area contributed by atoms with Crippen LogP contribution in [0.25, 0.3) is 5.82 Å². The van der Waals surface area contributed by atoms with Crippen LogP contribution < -0.4 is 19.7 Å². The van der Waals surface area contributed by atoms with Crippen LogP contribution in [0.1, 0.15) is 62.7 Å². The van der Waals surface area contributed by atoms with Gasteiger partial charge in [-0.2, -0.15) is 13.2 Å². The minimum Gasteiger partial charge on any atom is -0.476 e. The number of anilines is 2. The van der Waals surface area contributed by atoms with Crippen molar-refractivity contribution in [2.24, 2.45) is 11.3 Å². The van der Waals surface area contributed by atoms with E-state index in [1.54, 1.807) is 42.6 Å². The van der Waals surface area contributed by atoms with E-state index in [9.17, 15) is 27.3 Å². The molecule has 2 aliphatic heterocycles. The molecular weight excluding hydrogens is 611 g/mol. The molecule has 242 valence electrons. The summed E-state index contributed by atoms with van der Waals surface area (Å²) in [6.07, 6.45) is -1.98. The predicted octanol–water partition coefficient (Wildman–Crippen LogP) is 4.40. The maximum absolute atomic E-state index is 13.5. The lowest BCUT2D eigenvalue weighted by Gasteiger charge is -2.34. The first-order chi connectivity index (χ1) is 21.4. The van der Waals surface area contributed by atoms with E-state index in [0.29, 0.717) is 36.5 Å². The molecule has 45 heavy (non-hydrogen) atoms. The number of ether oxygens (including phenoxy) is 1. The van der Waals surface area contributed by atoms with Gasteiger partial charge in [-0.3, -0.25) is 9.52 Å². The van der Waals surface area contributed by atoms with Crippen molar-refractivity contribution < 1.29 is 32.0 Å². The number of aromatic nitrogens is 4. The zero-order valence-corrected chi connectivity index (χ0v) is 25.8. The Morgan fingerprint density at radius 1 is 1.18 bits per heavy atom. The van der Waals surface area contributed by atoms with Crippen LogP contribution >= 0.6 is 0 Å². The Balaban J connectivity index is 1.24. The summed E-state index contributed by atoms with van der Waals surface area (Å²) in [5, 5.41) is 18.1.